The fourth-order valence-corrected chi connectivity index (χ4v) is 4.52. The molecule has 38 heavy (non-hydrogen) atoms. The number of nitrogens with zero attached hydrogens (tertiary/aromatic N) is 3. The van der Waals surface area contributed by atoms with Crippen molar-refractivity contribution in [1.82, 2.24) is 14.8 Å². The van der Waals surface area contributed by atoms with E-state index in [0.29, 0.717) is 28.2 Å². The van der Waals surface area contributed by atoms with Gasteiger partial charge in [-0.25, -0.2) is 4.99 Å². The van der Waals surface area contributed by atoms with Crippen LogP contribution in [-0.2, 0) is 17.8 Å². The predicted octanol–water partition coefficient (Wildman–Crippen LogP) is 5.71. The van der Waals surface area contributed by atoms with Gasteiger partial charge in [0.2, 0.25) is 0 Å². The number of aromatic amines is 1. The van der Waals surface area contributed by atoms with Crippen LogP contribution in [0.15, 0.2) is 71.7 Å². The van der Waals surface area contributed by atoms with Crippen LogP contribution in [0.4, 0.5) is 5.69 Å². The summed E-state index contributed by atoms with van der Waals surface area (Å²) in [7, 11) is 6.25. The number of aromatic hydroxyl groups is 1. The molecule has 0 aliphatic rings. The number of aliphatic carboxylic acids is 1. The molecular weight excluding hydrogens is 500 g/mol. The monoisotopic (exact) mass is 532 g/mol. The molecule has 0 unspecified atom stereocenters. The highest BCUT2D eigenvalue weighted by atomic mass is 35.5. The van der Waals surface area contributed by atoms with Crippen molar-refractivity contribution in [3.8, 4) is 5.88 Å². The maximum absolute atomic E-state index is 11.1. The number of aryl methyl sites for hydroxylation is 1. The lowest BCUT2D eigenvalue weighted by Gasteiger charge is -2.19. The highest BCUT2D eigenvalue weighted by Gasteiger charge is 2.19. The third-order valence-corrected chi connectivity index (χ3v) is 6.60. The summed E-state index contributed by atoms with van der Waals surface area (Å²) < 4.78 is 0. The Morgan fingerprint density at radius 3 is 2.45 bits per heavy atom. The third kappa shape index (κ3) is 7.01. The Bertz CT molecular complexity index is 1440. The third-order valence-electron chi connectivity index (χ3n) is 6.36. The number of fused-ring (bicyclic) bond motifs is 1. The molecule has 3 N–H and O–H groups in total. The van der Waals surface area contributed by atoms with Crippen LogP contribution in [0, 0.1) is 0 Å². The van der Waals surface area contributed by atoms with E-state index in [1.165, 1.54) is 5.56 Å². The summed E-state index contributed by atoms with van der Waals surface area (Å²) in [5.74, 6) is -0.848. The van der Waals surface area contributed by atoms with E-state index < -0.39 is 5.97 Å². The predicted molar refractivity (Wildman–Crippen MR) is 154 cm³/mol. The van der Waals surface area contributed by atoms with E-state index in [-0.39, 0.29) is 12.3 Å². The van der Waals surface area contributed by atoms with Gasteiger partial charge in [-0.15, -0.1) is 0 Å². The molecule has 0 fully saturated rings. The maximum Gasteiger partial charge on any atom is 0.303 e. The molecule has 0 bridgehead atoms. The molecule has 4 aromatic rings. The van der Waals surface area contributed by atoms with E-state index in [2.05, 4.69) is 48.1 Å². The van der Waals surface area contributed by atoms with Gasteiger partial charge in [-0.1, -0.05) is 48.0 Å². The SMILES string of the molecule is CN(C)CCN(C)Cc1ccc(N=C(c2cccc(CCC(=O)O)c2)c2c(O)[nH]c3cc(Cl)ccc23)cc1. The number of aromatic nitrogens is 1. The Morgan fingerprint density at radius 2 is 1.74 bits per heavy atom. The van der Waals surface area contributed by atoms with Crippen molar-refractivity contribution in [3.05, 3.63) is 94.0 Å². The van der Waals surface area contributed by atoms with Gasteiger partial charge in [0.05, 0.1) is 22.5 Å². The van der Waals surface area contributed by atoms with Gasteiger partial charge in [-0.05, 0) is 69.0 Å². The number of carboxylic acid groups (broad SMARTS) is 1. The number of halogens is 1. The Hall–Kier alpha value is -3.65. The highest BCUT2D eigenvalue weighted by Crippen LogP contribution is 2.33. The molecule has 1 heterocycles. The summed E-state index contributed by atoms with van der Waals surface area (Å²) >= 11 is 6.19. The molecule has 0 spiro atoms. The number of aliphatic imine (C=N–C) groups is 1. The molecule has 0 saturated heterocycles. The first kappa shape index (κ1) is 27.4. The Labute approximate surface area is 228 Å². The molecule has 1 aromatic heterocycles. The van der Waals surface area contributed by atoms with Gasteiger partial charge < -0.3 is 25.0 Å². The minimum atomic E-state index is -0.845. The van der Waals surface area contributed by atoms with Gasteiger partial charge in [0, 0.05) is 42.0 Å². The van der Waals surface area contributed by atoms with Crippen LogP contribution in [0.5, 0.6) is 5.88 Å². The second-order valence-electron chi connectivity index (χ2n) is 9.80. The van der Waals surface area contributed by atoms with Crippen molar-refractivity contribution < 1.29 is 15.0 Å². The molecule has 4 rings (SSSR count). The average Bonchev–Trinajstić information content (AvgIpc) is 3.20. The number of benzene rings is 3. The second kappa shape index (κ2) is 12.3. The number of hydrogen-bond acceptors (Lipinski definition) is 5. The Kier molecular flexibility index (Phi) is 8.84. The Balaban J connectivity index is 1.72. The zero-order valence-electron chi connectivity index (χ0n) is 21.9. The van der Waals surface area contributed by atoms with Crippen LogP contribution < -0.4 is 0 Å². The standard InChI is InChI=1S/C30H33ClN4O3/c1-34(2)15-16-35(3)19-21-7-11-24(12-8-21)32-29(22-6-4-5-20(17-22)9-14-27(36)37)28-25-13-10-23(31)18-26(25)33-30(28)38/h4-8,10-13,17-18,33,38H,9,14-16,19H2,1-3H3,(H,36,37). The molecule has 7 nitrogen and oxygen atoms in total. The van der Waals surface area contributed by atoms with E-state index >= 15 is 0 Å². The lowest BCUT2D eigenvalue weighted by Crippen LogP contribution is -2.28. The molecule has 8 heteroatoms. The number of nitrogens with one attached hydrogen (secondary N) is 1. The number of likely N-dealkylation sites (N-methyl/N-ethyl adjacent to an activating group) is 2. The summed E-state index contributed by atoms with van der Waals surface area (Å²) in [6.45, 7) is 2.80. The second-order valence-corrected chi connectivity index (χ2v) is 10.2. The number of carboxylic acids is 1. The van der Waals surface area contributed by atoms with Crippen molar-refractivity contribution in [2.75, 3.05) is 34.2 Å². The number of rotatable bonds is 11. The highest BCUT2D eigenvalue weighted by molar-refractivity contribution is 6.31. The van der Waals surface area contributed by atoms with E-state index in [9.17, 15) is 9.90 Å². The molecule has 3 aromatic carbocycles. The van der Waals surface area contributed by atoms with Crippen LogP contribution in [-0.4, -0.2) is 70.9 Å². The first-order valence-electron chi connectivity index (χ1n) is 12.5. The van der Waals surface area contributed by atoms with Crippen LogP contribution in [0.25, 0.3) is 10.9 Å². The van der Waals surface area contributed by atoms with Crippen molar-refractivity contribution >= 4 is 39.9 Å². The summed E-state index contributed by atoms with van der Waals surface area (Å²) in [4.78, 5) is 23.6. The fraction of sp³-hybridized carbons (Fsp3) is 0.267. The van der Waals surface area contributed by atoms with E-state index in [4.69, 9.17) is 21.7 Å². The first-order chi connectivity index (χ1) is 18.2. The van der Waals surface area contributed by atoms with Crippen LogP contribution in [0.3, 0.4) is 0 Å². The lowest BCUT2D eigenvalue weighted by molar-refractivity contribution is -0.136. The van der Waals surface area contributed by atoms with E-state index in [1.54, 1.807) is 12.1 Å². The largest absolute Gasteiger partial charge is 0.494 e. The van der Waals surface area contributed by atoms with Gasteiger partial charge in [0.15, 0.2) is 5.88 Å². The average molecular weight is 533 g/mol. The van der Waals surface area contributed by atoms with Crippen molar-refractivity contribution in [1.29, 1.82) is 0 Å². The zero-order valence-corrected chi connectivity index (χ0v) is 22.7. The lowest BCUT2D eigenvalue weighted by atomic mass is 9.97. The van der Waals surface area contributed by atoms with Gasteiger partial charge in [0.1, 0.15) is 0 Å². The first-order valence-corrected chi connectivity index (χ1v) is 12.9. The summed E-state index contributed by atoms with van der Waals surface area (Å²) in [6.07, 6.45) is 0.444. The molecule has 0 saturated carbocycles. The van der Waals surface area contributed by atoms with Crippen LogP contribution >= 0.6 is 11.6 Å². The molecule has 0 aliphatic carbocycles. The molecule has 198 valence electrons. The maximum atomic E-state index is 11.1. The molecular formula is C30H33ClN4O3. The van der Waals surface area contributed by atoms with E-state index in [1.807, 2.05) is 42.5 Å². The molecule has 0 atom stereocenters. The fourth-order valence-electron chi connectivity index (χ4n) is 4.35. The summed E-state index contributed by atoms with van der Waals surface area (Å²) in [5, 5.41) is 21.4. The smallest absolute Gasteiger partial charge is 0.303 e. The van der Waals surface area contributed by atoms with Crippen LogP contribution in [0.1, 0.15) is 28.7 Å². The van der Waals surface area contributed by atoms with Crippen molar-refractivity contribution in [3.63, 3.8) is 0 Å². The van der Waals surface area contributed by atoms with Crippen molar-refractivity contribution in [2.45, 2.75) is 19.4 Å². The molecule has 0 amide bonds. The van der Waals surface area contributed by atoms with Gasteiger partial charge in [-0.2, -0.15) is 0 Å². The van der Waals surface area contributed by atoms with Crippen molar-refractivity contribution in [2.24, 2.45) is 4.99 Å². The normalized spacial score (nSPS) is 12.1. The van der Waals surface area contributed by atoms with Gasteiger partial charge in [-0.3, -0.25) is 4.79 Å². The number of carbonyl (C=O) groups is 1. The van der Waals surface area contributed by atoms with E-state index in [0.717, 1.165) is 41.8 Å². The summed E-state index contributed by atoms with van der Waals surface area (Å²) in [6, 6.07) is 21.2. The Morgan fingerprint density at radius 1 is 0.974 bits per heavy atom. The number of hydrogen-bond donors (Lipinski definition) is 3. The van der Waals surface area contributed by atoms with Gasteiger partial charge in [0.25, 0.3) is 0 Å². The minimum Gasteiger partial charge on any atom is -0.494 e. The quantitative estimate of drug-likeness (QED) is 0.215. The zero-order chi connectivity index (χ0) is 27.2. The number of H-pyrrole nitrogens is 1. The molecule has 0 aliphatic heterocycles. The minimum absolute atomic E-state index is 0.00362. The topological polar surface area (TPSA) is 92.2 Å². The summed E-state index contributed by atoms with van der Waals surface area (Å²) in [5.41, 5.74) is 5.47. The van der Waals surface area contributed by atoms with Gasteiger partial charge >= 0.3 is 5.97 Å². The van der Waals surface area contributed by atoms with Crippen LogP contribution in [0.2, 0.25) is 5.02 Å². The molecule has 0 radical (unpaired) electrons.